The van der Waals surface area contributed by atoms with Crippen LogP contribution in [0.3, 0.4) is 0 Å². The lowest BCUT2D eigenvalue weighted by Gasteiger charge is -2.18. The molecule has 1 saturated heterocycles. The summed E-state index contributed by atoms with van der Waals surface area (Å²) >= 11 is 0. The van der Waals surface area contributed by atoms with Crippen molar-refractivity contribution in [3.8, 4) is 0 Å². The van der Waals surface area contributed by atoms with E-state index in [4.69, 9.17) is 0 Å². The van der Waals surface area contributed by atoms with Gasteiger partial charge in [-0.25, -0.2) is 4.72 Å². The molecule has 0 amide bonds. The van der Waals surface area contributed by atoms with Gasteiger partial charge in [0, 0.05) is 31.1 Å². The fraction of sp³-hybridized carbons (Fsp3) is 0.538. The van der Waals surface area contributed by atoms with Crippen LogP contribution in [0.5, 0.6) is 0 Å². The minimum absolute atomic E-state index is 0.225. The Labute approximate surface area is 120 Å². The second kappa shape index (κ2) is 6.64. The van der Waals surface area contributed by atoms with Crippen molar-refractivity contribution in [2.45, 2.75) is 32.5 Å². The number of hydrogen-bond acceptors (Lipinski definition) is 4. The molecule has 0 saturated carbocycles. The van der Waals surface area contributed by atoms with Crippen molar-refractivity contribution in [3.05, 3.63) is 35.9 Å². The van der Waals surface area contributed by atoms with Crippen molar-refractivity contribution < 1.29 is 8.42 Å². The van der Waals surface area contributed by atoms with Crippen LogP contribution < -0.4 is 20.3 Å². The van der Waals surface area contributed by atoms with Crippen molar-refractivity contribution in [1.29, 1.82) is 0 Å². The van der Waals surface area contributed by atoms with Gasteiger partial charge in [0.2, 0.25) is 0 Å². The molecule has 4 N–H and O–H groups in total. The van der Waals surface area contributed by atoms with E-state index in [9.17, 15) is 8.42 Å². The molecule has 2 rings (SSSR count). The van der Waals surface area contributed by atoms with Crippen LogP contribution in [0.2, 0.25) is 0 Å². The molecule has 0 radical (unpaired) electrons. The second-order valence-corrected chi connectivity index (χ2v) is 6.77. The number of hydrogen-bond donors (Lipinski definition) is 4. The highest BCUT2D eigenvalue weighted by Gasteiger charge is 2.30. The predicted octanol–water partition coefficient (Wildman–Crippen LogP) is 0.112. The van der Waals surface area contributed by atoms with Gasteiger partial charge in [0.25, 0.3) is 10.2 Å². The predicted molar refractivity (Wildman–Crippen MR) is 78.9 cm³/mol. The molecule has 1 fully saturated rings. The van der Waals surface area contributed by atoms with Gasteiger partial charge in [0.15, 0.2) is 0 Å². The Bertz CT molecular complexity index is 510. The van der Waals surface area contributed by atoms with E-state index in [2.05, 4.69) is 20.3 Å². The Morgan fingerprint density at radius 3 is 2.25 bits per heavy atom. The lowest BCUT2D eigenvalue weighted by atomic mass is 9.97. The zero-order chi connectivity index (χ0) is 14.6. The van der Waals surface area contributed by atoms with Crippen LogP contribution in [-0.4, -0.2) is 27.0 Å². The fourth-order valence-electron chi connectivity index (χ4n) is 2.29. The molecule has 0 aliphatic carbocycles. The van der Waals surface area contributed by atoms with Gasteiger partial charge in [-0.15, -0.1) is 0 Å². The minimum Gasteiger partial charge on any atom is -0.254 e. The first-order chi connectivity index (χ1) is 9.48. The van der Waals surface area contributed by atoms with Crippen molar-refractivity contribution in [3.63, 3.8) is 0 Å². The van der Waals surface area contributed by atoms with Gasteiger partial charge in [-0.05, 0) is 19.4 Å². The monoisotopic (exact) mass is 298 g/mol. The number of nitrogens with one attached hydrogen (secondary N) is 4. The third-order valence-electron chi connectivity index (χ3n) is 3.64. The summed E-state index contributed by atoms with van der Waals surface area (Å²) in [6.07, 6.45) is 0. The third kappa shape index (κ3) is 4.26. The Balaban J connectivity index is 1.82. The zero-order valence-electron chi connectivity index (χ0n) is 11.8. The van der Waals surface area contributed by atoms with E-state index in [0.29, 0.717) is 13.1 Å². The van der Waals surface area contributed by atoms with Gasteiger partial charge in [-0.3, -0.25) is 10.9 Å². The van der Waals surface area contributed by atoms with Crippen LogP contribution in [0.4, 0.5) is 0 Å². The highest BCUT2D eigenvalue weighted by molar-refractivity contribution is 7.87. The quantitative estimate of drug-likeness (QED) is 0.601. The molecule has 112 valence electrons. The molecule has 1 aliphatic heterocycles. The smallest absolute Gasteiger partial charge is 0.254 e. The fourth-order valence-corrected chi connectivity index (χ4v) is 3.17. The number of hydrazine groups is 1. The normalized spacial score (nSPS) is 26.8. The van der Waals surface area contributed by atoms with Crippen molar-refractivity contribution in [2.75, 3.05) is 6.54 Å². The van der Waals surface area contributed by atoms with Crippen molar-refractivity contribution in [2.24, 2.45) is 5.92 Å². The van der Waals surface area contributed by atoms with E-state index in [-0.39, 0.29) is 18.0 Å². The maximum Gasteiger partial charge on any atom is 0.277 e. The van der Waals surface area contributed by atoms with E-state index in [1.165, 1.54) is 0 Å². The second-order valence-electron chi connectivity index (χ2n) is 5.19. The molecule has 0 spiro atoms. The average molecular weight is 298 g/mol. The molecule has 1 heterocycles. The Kier molecular flexibility index (Phi) is 5.11. The number of rotatable bonds is 6. The van der Waals surface area contributed by atoms with Crippen LogP contribution in [0.1, 0.15) is 19.4 Å². The molecular formula is C13H22N4O2S. The van der Waals surface area contributed by atoms with Crippen LogP contribution in [0.15, 0.2) is 30.3 Å². The summed E-state index contributed by atoms with van der Waals surface area (Å²) in [5.74, 6) is 0.225. The van der Waals surface area contributed by atoms with Crippen LogP contribution in [0, 0.1) is 5.92 Å². The molecule has 0 bridgehead atoms. The molecular weight excluding hydrogens is 276 g/mol. The third-order valence-corrected chi connectivity index (χ3v) is 4.71. The molecule has 2 unspecified atom stereocenters. The first-order valence-electron chi connectivity index (χ1n) is 6.77. The Morgan fingerprint density at radius 2 is 1.65 bits per heavy atom. The topological polar surface area (TPSA) is 82.3 Å². The summed E-state index contributed by atoms with van der Waals surface area (Å²) < 4.78 is 29.0. The van der Waals surface area contributed by atoms with Gasteiger partial charge in [0.1, 0.15) is 0 Å². The first kappa shape index (κ1) is 15.4. The summed E-state index contributed by atoms with van der Waals surface area (Å²) in [5, 5.41) is 0. The number of benzene rings is 1. The first-order valence-corrected chi connectivity index (χ1v) is 8.25. The summed E-state index contributed by atoms with van der Waals surface area (Å²) in [6.45, 7) is 4.77. The van der Waals surface area contributed by atoms with Crippen LogP contribution in [-0.2, 0) is 16.8 Å². The SMILES string of the molecule is CC1NNC(C)C1CNS(=O)(=O)NCc1ccccc1. The lowest BCUT2D eigenvalue weighted by Crippen LogP contribution is -2.42. The zero-order valence-corrected chi connectivity index (χ0v) is 12.6. The molecule has 1 aromatic carbocycles. The Hall–Kier alpha value is -0.990. The molecule has 7 heteroatoms. The highest BCUT2D eigenvalue weighted by Crippen LogP contribution is 2.13. The van der Waals surface area contributed by atoms with E-state index in [1.807, 2.05) is 44.2 Å². The molecule has 20 heavy (non-hydrogen) atoms. The van der Waals surface area contributed by atoms with Crippen molar-refractivity contribution >= 4 is 10.2 Å². The van der Waals surface area contributed by atoms with Gasteiger partial charge in [0.05, 0.1) is 0 Å². The largest absolute Gasteiger partial charge is 0.277 e. The summed E-state index contributed by atoms with van der Waals surface area (Å²) in [6, 6.07) is 9.92. The van der Waals surface area contributed by atoms with Gasteiger partial charge < -0.3 is 0 Å². The maximum absolute atomic E-state index is 11.9. The molecule has 6 nitrogen and oxygen atoms in total. The molecule has 1 aliphatic rings. The minimum atomic E-state index is -3.47. The van der Waals surface area contributed by atoms with E-state index >= 15 is 0 Å². The van der Waals surface area contributed by atoms with Crippen LogP contribution in [0.25, 0.3) is 0 Å². The maximum atomic E-state index is 11.9. The van der Waals surface area contributed by atoms with E-state index in [1.54, 1.807) is 0 Å². The molecule has 1 aromatic rings. The standard InChI is InChI=1S/C13H22N4O2S/c1-10-13(11(2)17-16-10)9-15-20(18,19)14-8-12-6-4-3-5-7-12/h3-7,10-11,13-17H,8-9H2,1-2H3. The lowest BCUT2D eigenvalue weighted by molar-refractivity contribution is 0.435. The van der Waals surface area contributed by atoms with Gasteiger partial charge in [-0.1, -0.05) is 30.3 Å². The highest BCUT2D eigenvalue weighted by atomic mass is 32.2. The molecule has 0 aromatic heterocycles. The Morgan fingerprint density at radius 1 is 1.05 bits per heavy atom. The summed E-state index contributed by atoms with van der Waals surface area (Å²) in [7, 11) is -3.47. The summed E-state index contributed by atoms with van der Waals surface area (Å²) in [5.41, 5.74) is 7.15. The molecule has 2 atom stereocenters. The van der Waals surface area contributed by atoms with Gasteiger partial charge >= 0.3 is 0 Å². The van der Waals surface area contributed by atoms with E-state index in [0.717, 1.165) is 5.56 Å². The van der Waals surface area contributed by atoms with Crippen LogP contribution >= 0.6 is 0 Å². The van der Waals surface area contributed by atoms with Gasteiger partial charge in [-0.2, -0.15) is 13.1 Å². The average Bonchev–Trinajstić information content (AvgIpc) is 2.75. The summed E-state index contributed by atoms with van der Waals surface area (Å²) in [4.78, 5) is 0. The van der Waals surface area contributed by atoms with Crippen molar-refractivity contribution in [1.82, 2.24) is 20.3 Å². The van der Waals surface area contributed by atoms with E-state index < -0.39 is 10.2 Å².